The first-order valence-corrected chi connectivity index (χ1v) is 5.90. The number of unbranched alkanes of at least 4 members (excludes halogenated alkanes) is 1. The standard InChI is InChI=1S/C12H22N4/c1-11(2)16(3)9-5-4-7-14-12-6-8-13-10-15-12/h6,8,10-11H,4-5,7,9H2,1-3H3,(H,13,14,15). The van der Waals surface area contributed by atoms with Crippen LogP contribution in [0.15, 0.2) is 18.6 Å². The highest BCUT2D eigenvalue weighted by Gasteiger charge is 2.01. The summed E-state index contributed by atoms with van der Waals surface area (Å²) in [6, 6.07) is 2.52. The van der Waals surface area contributed by atoms with Crippen LogP contribution in [-0.2, 0) is 0 Å². The van der Waals surface area contributed by atoms with Crippen molar-refractivity contribution in [3.05, 3.63) is 18.6 Å². The Balaban J connectivity index is 2.04. The molecule has 0 amide bonds. The first-order valence-electron chi connectivity index (χ1n) is 5.90. The summed E-state index contributed by atoms with van der Waals surface area (Å²) in [5, 5.41) is 3.28. The van der Waals surface area contributed by atoms with Gasteiger partial charge in [0, 0.05) is 18.8 Å². The van der Waals surface area contributed by atoms with Crippen molar-refractivity contribution < 1.29 is 0 Å². The summed E-state index contributed by atoms with van der Waals surface area (Å²) < 4.78 is 0. The van der Waals surface area contributed by atoms with Gasteiger partial charge in [0.15, 0.2) is 0 Å². The van der Waals surface area contributed by atoms with Crippen LogP contribution in [0.1, 0.15) is 26.7 Å². The lowest BCUT2D eigenvalue weighted by molar-refractivity contribution is 0.269. The summed E-state index contributed by atoms with van der Waals surface area (Å²) in [5.41, 5.74) is 0. The molecule has 0 fully saturated rings. The van der Waals surface area contributed by atoms with E-state index in [1.807, 2.05) is 6.07 Å². The van der Waals surface area contributed by atoms with Gasteiger partial charge in [-0.25, -0.2) is 9.97 Å². The molecule has 0 spiro atoms. The molecule has 0 saturated heterocycles. The van der Waals surface area contributed by atoms with Crippen molar-refractivity contribution in [2.24, 2.45) is 0 Å². The third-order valence-corrected chi connectivity index (χ3v) is 2.71. The minimum Gasteiger partial charge on any atom is -0.370 e. The Bertz CT molecular complexity index is 274. The molecular weight excluding hydrogens is 200 g/mol. The smallest absolute Gasteiger partial charge is 0.129 e. The molecule has 0 radical (unpaired) electrons. The van der Waals surface area contributed by atoms with E-state index in [0.29, 0.717) is 6.04 Å². The van der Waals surface area contributed by atoms with Crippen molar-refractivity contribution in [2.75, 3.05) is 25.5 Å². The van der Waals surface area contributed by atoms with Crippen molar-refractivity contribution in [1.82, 2.24) is 14.9 Å². The fourth-order valence-electron chi connectivity index (χ4n) is 1.36. The van der Waals surface area contributed by atoms with Crippen LogP contribution in [0.2, 0.25) is 0 Å². The van der Waals surface area contributed by atoms with Gasteiger partial charge in [-0.15, -0.1) is 0 Å². The first-order chi connectivity index (χ1) is 7.70. The quantitative estimate of drug-likeness (QED) is 0.717. The van der Waals surface area contributed by atoms with Gasteiger partial charge in [-0.05, 0) is 46.3 Å². The van der Waals surface area contributed by atoms with Crippen LogP contribution < -0.4 is 5.32 Å². The molecular formula is C12H22N4. The zero-order valence-electron chi connectivity index (χ0n) is 10.5. The fraction of sp³-hybridized carbons (Fsp3) is 0.667. The van der Waals surface area contributed by atoms with E-state index in [9.17, 15) is 0 Å². The van der Waals surface area contributed by atoms with Crippen molar-refractivity contribution >= 4 is 5.82 Å². The molecule has 16 heavy (non-hydrogen) atoms. The fourth-order valence-corrected chi connectivity index (χ4v) is 1.36. The number of nitrogens with one attached hydrogen (secondary N) is 1. The Morgan fingerprint density at radius 2 is 2.19 bits per heavy atom. The normalized spacial score (nSPS) is 11.1. The molecule has 0 saturated carbocycles. The summed E-state index contributed by atoms with van der Waals surface area (Å²) in [7, 11) is 2.17. The molecule has 0 aliphatic heterocycles. The maximum atomic E-state index is 4.11. The largest absolute Gasteiger partial charge is 0.370 e. The summed E-state index contributed by atoms with van der Waals surface area (Å²) in [4.78, 5) is 10.3. The van der Waals surface area contributed by atoms with Gasteiger partial charge in [-0.1, -0.05) is 0 Å². The van der Waals surface area contributed by atoms with Gasteiger partial charge in [0.25, 0.3) is 0 Å². The SMILES string of the molecule is CC(C)N(C)CCCCNc1ccncn1. The summed E-state index contributed by atoms with van der Waals surface area (Å²) in [5.74, 6) is 0.909. The number of hydrogen-bond acceptors (Lipinski definition) is 4. The molecule has 1 heterocycles. The molecule has 0 unspecified atom stereocenters. The van der Waals surface area contributed by atoms with Crippen LogP contribution >= 0.6 is 0 Å². The lowest BCUT2D eigenvalue weighted by atomic mass is 10.2. The Kier molecular flexibility index (Phi) is 5.78. The van der Waals surface area contributed by atoms with Crippen molar-refractivity contribution in [3.63, 3.8) is 0 Å². The minimum absolute atomic E-state index is 0.634. The lowest BCUT2D eigenvalue weighted by Crippen LogP contribution is -2.27. The van der Waals surface area contributed by atoms with Gasteiger partial charge in [0.1, 0.15) is 12.1 Å². The van der Waals surface area contributed by atoms with E-state index in [1.165, 1.54) is 12.8 Å². The highest BCUT2D eigenvalue weighted by Crippen LogP contribution is 2.01. The van der Waals surface area contributed by atoms with E-state index < -0.39 is 0 Å². The highest BCUT2D eigenvalue weighted by atomic mass is 15.1. The molecule has 0 atom stereocenters. The lowest BCUT2D eigenvalue weighted by Gasteiger charge is -2.20. The van der Waals surface area contributed by atoms with Crippen molar-refractivity contribution in [1.29, 1.82) is 0 Å². The molecule has 1 aromatic rings. The molecule has 0 aliphatic rings. The molecule has 0 aromatic carbocycles. The molecule has 0 aliphatic carbocycles. The summed E-state index contributed by atoms with van der Waals surface area (Å²) >= 11 is 0. The van der Waals surface area contributed by atoms with E-state index in [-0.39, 0.29) is 0 Å². The predicted molar refractivity (Wildman–Crippen MR) is 67.5 cm³/mol. The van der Waals surface area contributed by atoms with Crippen LogP contribution in [0.3, 0.4) is 0 Å². The molecule has 1 aromatic heterocycles. The number of anilines is 1. The molecule has 1 N–H and O–H groups in total. The van der Waals surface area contributed by atoms with Crippen LogP contribution in [-0.4, -0.2) is 41.0 Å². The Labute approximate surface area is 98.1 Å². The first kappa shape index (κ1) is 12.9. The monoisotopic (exact) mass is 222 g/mol. The van der Waals surface area contributed by atoms with Crippen LogP contribution in [0.5, 0.6) is 0 Å². The average Bonchev–Trinajstić information content (AvgIpc) is 2.29. The zero-order chi connectivity index (χ0) is 11.8. The van der Waals surface area contributed by atoms with Crippen LogP contribution in [0.4, 0.5) is 5.82 Å². The average molecular weight is 222 g/mol. The van der Waals surface area contributed by atoms with Crippen LogP contribution in [0, 0.1) is 0 Å². The number of nitrogens with zero attached hydrogens (tertiary/aromatic N) is 3. The second-order valence-corrected chi connectivity index (χ2v) is 4.30. The summed E-state index contributed by atoms with van der Waals surface area (Å²) in [6.45, 7) is 6.57. The molecule has 0 bridgehead atoms. The third kappa shape index (κ3) is 5.07. The second kappa shape index (κ2) is 7.17. The number of hydrogen-bond donors (Lipinski definition) is 1. The topological polar surface area (TPSA) is 41.0 Å². The maximum Gasteiger partial charge on any atom is 0.129 e. The van der Waals surface area contributed by atoms with E-state index in [2.05, 4.69) is 41.1 Å². The molecule has 90 valence electrons. The van der Waals surface area contributed by atoms with E-state index in [1.54, 1.807) is 12.5 Å². The Hall–Kier alpha value is -1.16. The third-order valence-electron chi connectivity index (χ3n) is 2.71. The molecule has 4 nitrogen and oxygen atoms in total. The van der Waals surface area contributed by atoms with E-state index >= 15 is 0 Å². The van der Waals surface area contributed by atoms with Gasteiger partial charge in [0.05, 0.1) is 0 Å². The highest BCUT2D eigenvalue weighted by molar-refractivity contribution is 5.30. The van der Waals surface area contributed by atoms with Gasteiger partial charge in [0.2, 0.25) is 0 Å². The second-order valence-electron chi connectivity index (χ2n) is 4.30. The van der Waals surface area contributed by atoms with Gasteiger partial charge in [-0.3, -0.25) is 0 Å². The number of rotatable bonds is 7. The molecule has 1 rings (SSSR count). The zero-order valence-corrected chi connectivity index (χ0v) is 10.5. The van der Waals surface area contributed by atoms with Gasteiger partial charge >= 0.3 is 0 Å². The number of aromatic nitrogens is 2. The minimum atomic E-state index is 0.634. The Morgan fingerprint density at radius 1 is 1.38 bits per heavy atom. The predicted octanol–water partition coefficient (Wildman–Crippen LogP) is 2.01. The van der Waals surface area contributed by atoms with Gasteiger partial charge < -0.3 is 10.2 Å². The summed E-state index contributed by atoms with van der Waals surface area (Å²) in [6.07, 6.45) is 5.70. The van der Waals surface area contributed by atoms with E-state index in [4.69, 9.17) is 0 Å². The van der Waals surface area contributed by atoms with Crippen molar-refractivity contribution in [3.8, 4) is 0 Å². The van der Waals surface area contributed by atoms with E-state index in [0.717, 1.165) is 18.9 Å². The molecule has 4 heteroatoms. The maximum absolute atomic E-state index is 4.11. The van der Waals surface area contributed by atoms with Gasteiger partial charge in [-0.2, -0.15) is 0 Å². The van der Waals surface area contributed by atoms with Crippen molar-refractivity contribution in [2.45, 2.75) is 32.7 Å². The Morgan fingerprint density at radius 3 is 2.81 bits per heavy atom. The van der Waals surface area contributed by atoms with Crippen LogP contribution in [0.25, 0.3) is 0 Å².